The van der Waals surface area contributed by atoms with Crippen molar-refractivity contribution in [3.05, 3.63) is 34.6 Å². The van der Waals surface area contributed by atoms with E-state index >= 15 is 0 Å². The van der Waals surface area contributed by atoms with E-state index < -0.39 is 11.9 Å². The van der Waals surface area contributed by atoms with Crippen LogP contribution >= 0.6 is 11.6 Å². The number of hydrogen-bond acceptors (Lipinski definition) is 3. The summed E-state index contributed by atoms with van der Waals surface area (Å²) in [5.41, 5.74) is 0.533. The molecule has 0 atom stereocenters. The Kier molecular flexibility index (Phi) is 4.05. The zero-order chi connectivity index (χ0) is 11.3. The Morgan fingerprint density at radius 2 is 2.40 bits per heavy atom. The number of amides is 1. The molecule has 6 heteroatoms. The van der Waals surface area contributed by atoms with E-state index in [0.717, 1.165) is 0 Å². The van der Waals surface area contributed by atoms with E-state index in [0.29, 0.717) is 5.56 Å². The maximum absolute atomic E-state index is 12.7. The average molecular weight is 231 g/mol. The lowest BCUT2D eigenvalue weighted by molar-refractivity contribution is 0.154. The summed E-state index contributed by atoms with van der Waals surface area (Å²) in [6.07, 6.45) is 0.569. The predicted molar refractivity (Wildman–Crippen MR) is 54.5 cm³/mol. The molecule has 0 aliphatic carbocycles. The fourth-order valence-corrected chi connectivity index (χ4v) is 0.962. The zero-order valence-electron chi connectivity index (χ0n) is 7.83. The van der Waals surface area contributed by atoms with E-state index in [1.807, 2.05) is 0 Å². The zero-order valence-corrected chi connectivity index (χ0v) is 8.58. The van der Waals surface area contributed by atoms with Gasteiger partial charge in [-0.05, 0) is 17.7 Å². The van der Waals surface area contributed by atoms with Crippen LogP contribution in [0.1, 0.15) is 5.56 Å². The highest BCUT2D eigenvalue weighted by atomic mass is 35.5. The van der Waals surface area contributed by atoms with E-state index in [2.05, 4.69) is 15.3 Å². The minimum absolute atomic E-state index is 0.0149. The molecule has 0 aromatic heterocycles. The Hall–Kier alpha value is -1.62. The monoisotopic (exact) mass is 230 g/mol. The number of oxime groups is 1. The first-order chi connectivity index (χ1) is 7.13. The van der Waals surface area contributed by atoms with Crippen molar-refractivity contribution in [2.75, 3.05) is 7.05 Å². The van der Waals surface area contributed by atoms with E-state index in [1.54, 1.807) is 0 Å². The lowest BCUT2D eigenvalue weighted by Gasteiger charge is -1.96. The molecule has 15 heavy (non-hydrogen) atoms. The quantitative estimate of drug-likeness (QED) is 0.481. The molecule has 4 nitrogen and oxygen atoms in total. The molecule has 0 fully saturated rings. The topological polar surface area (TPSA) is 50.7 Å². The van der Waals surface area contributed by atoms with Crippen LogP contribution in [0.3, 0.4) is 0 Å². The summed E-state index contributed by atoms with van der Waals surface area (Å²) in [6.45, 7) is 0. The molecule has 0 aliphatic rings. The molecule has 0 saturated carbocycles. The van der Waals surface area contributed by atoms with Crippen molar-refractivity contribution in [3.63, 3.8) is 0 Å². The van der Waals surface area contributed by atoms with Gasteiger partial charge in [0.05, 0.1) is 11.2 Å². The molecule has 1 aromatic rings. The molecule has 80 valence electrons. The minimum atomic E-state index is -0.681. The Morgan fingerprint density at radius 3 is 3.00 bits per heavy atom. The van der Waals surface area contributed by atoms with Gasteiger partial charge in [0.25, 0.3) is 0 Å². The summed E-state index contributed by atoms with van der Waals surface area (Å²) in [5.74, 6) is -0.513. The summed E-state index contributed by atoms with van der Waals surface area (Å²) < 4.78 is 12.7. The number of nitrogens with one attached hydrogen (secondary N) is 1. The average Bonchev–Trinajstić information content (AvgIpc) is 2.23. The van der Waals surface area contributed by atoms with E-state index in [1.165, 1.54) is 31.5 Å². The third-order valence-electron chi connectivity index (χ3n) is 1.49. The van der Waals surface area contributed by atoms with E-state index in [4.69, 9.17) is 11.6 Å². The van der Waals surface area contributed by atoms with Crippen LogP contribution in [0.25, 0.3) is 0 Å². The van der Waals surface area contributed by atoms with Gasteiger partial charge in [-0.3, -0.25) is 4.84 Å². The van der Waals surface area contributed by atoms with Crippen molar-refractivity contribution in [2.45, 2.75) is 0 Å². The van der Waals surface area contributed by atoms with Gasteiger partial charge in [-0.1, -0.05) is 22.8 Å². The standard InChI is InChI=1S/C9H8ClFN2O2/c1-12-9(14)15-13-5-6-2-3-8(11)7(10)4-6/h2-5H,1H3,(H,12,14). The maximum atomic E-state index is 12.7. The van der Waals surface area contributed by atoms with Crippen LogP contribution in [0.4, 0.5) is 9.18 Å². The Balaban J connectivity index is 2.65. The van der Waals surface area contributed by atoms with Crippen molar-refractivity contribution in [1.82, 2.24) is 5.32 Å². The van der Waals surface area contributed by atoms with Gasteiger partial charge in [-0.15, -0.1) is 0 Å². The second-order valence-corrected chi connectivity index (χ2v) is 2.94. The van der Waals surface area contributed by atoms with Crippen molar-refractivity contribution in [2.24, 2.45) is 5.16 Å². The maximum Gasteiger partial charge on any atom is 0.433 e. The van der Waals surface area contributed by atoms with E-state index in [9.17, 15) is 9.18 Å². The van der Waals surface area contributed by atoms with Crippen LogP contribution in [0.15, 0.2) is 23.4 Å². The molecule has 1 N–H and O–H groups in total. The fourth-order valence-electron chi connectivity index (χ4n) is 0.773. The van der Waals surface area contributed by atoms with Gasteiger partial charge < -0.3 is 5.32 Å². The summed E-state index contributed by atoms with van der Waals surface area (Å²) in [7, 11) is 1.41. The first-order valence-electron chi connectivity index (χ1n) is 4.00. The molecule has 1 aromatic carbocycles. The lowest BCUT2D eigenvalue weighted by atomic mass is 10.2. The van der Waals surface area contributed by atoms with Crippen molar-refractivity contribution < 1.29 is 14.0 Å². The van der Waals surface area contributed by atoms with Crippen LogP contribution in [0.2, 0.25) is 5.02 Å². The molecular formula is C9H8ClFN2O2. The Labute approximate surface area is 90.7 Å². The van der Waals surface area contributed by atoms with Gasteiger partial charge in [-0.2, -0.15) is 0 Å². The fraction of sp³-hybridized carbons (Fsp3) is 0.111. The van der Waals surface area contributed by atoms with Gasteiger partial charge in [0.2, 0.25) is 0 Å². The highest BCUT2D eigenvalue weighted by Crippen LogP contribution is 2.14. The Bertz CT molecular complexity index is 396. The first-order valence-corrected chi connectivity index (χ1v) is 4.38. The highest BCUT2D eigenvalue weighted by Gasteiger charge is 1.99. The summed E-state index contributed by atoms with van der Waals surface area (Å²) in [4.78, 5) is 14.9. The molecule has 0 unspecified atom stereocenters. The molecule has 0 aliphatic heterocycles. The largest absolute Gasteiger partial charge is 0.433 e. The number of carbonyl (C=O) groups excluding carboxylic acids is 1. The molecule has 0 spiro atoms. The number of rotatable bonds is 2. The van der Waals surface area contributed by atoms with Crippen LogP contribution in [0.5, 0.6) is 0 Å². The molecule has 0 heterocycles. The molecule has 0 saturated heterocycles. The van der Waals surface area contributed by atoms with Crippen LogP contribution < -0.4 is 5.32 Å². The summed E-state index contributed by atoms with van der Waals surface area (Å²) >= 11 is 5.53. The minimum Gasteiger partial charge on any atom is -0.323 e. The molecule has 1 amide bonds. The number of hydrogen-bond donors (Lipinski definition) is 1. The molecule has 1 rings (SSSR count). The third kappa shape index (κ3) is 3.55. The molecule has 0 radical (unpaired) electrons. The van der Waals surface area contributed by atoms with Crippen molar-refractivity contribution in [3.8, 4) is 0 Å². The normalized spacial score (nSPS) is 10.3. The number of benzene rings is 1. The second-order valence-electron chi connectivity index (χ2n) is 2.54. The van der Waals surface area contributed by atoms with Crippen LogP contribution in [-0.4, -0.2) is 19.4 Å². The van der Waals surface area contributed by atoms with Crippen molar-refractivity contribution >= 4 is 23.9 Å². The number of halogens is 2. The summed E-state index contributed by atoms with van der Waals surface area (Å²) in [5, 5.41) is 5.56. The van der Waals surface area contributed by atoms with Crippen LogP contribution in [-0.2, 0) is 4.84 Å². The molecule has 0 bridgehead atoms. The highest BCUT2D eigenvalue weighted by molar-refractivity contribution is 6.31. The van der Waals surface area contributed by atoms with Gasteiger partial charge in [0.15, 0.2) is 0 Å². The first kappa shape index (κ1) is 11.5. The van der Waals surface area contributed by atoms with Gasteiger partial charge in [0, 0.05) is 7.05 Å². The van der Waals surface area contributed by atoms with Crippen LogP contribution in [0, 0.1) is 5.82 Å². The number of nitrogens with zero attached hydrogens (tertiary/aromatic N) is 1. The van der Waals surface area contributed by atoms with Gasteiger partial charge in [0.1, 0.15) is 5.82 Å². The molecular weight excluding hydrogens is 223 g/mol. The smallest absolute Gasteiger partial charge is 0.323 e. The summed E-state index contributed by atoms with van der Waals surface area (Å²) in [6, 6.07) is 4.02. The van der Waals surface area contributed by atoms with Crippen molar-refractivity contribution in [1.29, 1.82) is 0 Å². The van der Waals surface area contributed by atoms with E-state index in [-0.39, 0.29) is 5.02 Å². The Morgan fingerprint density at radius 1 is 1.67 bits per heavy atom. The van der Waals surface area contributed by atoms with Gasteiger partial charge >= 0.3 is 6.09 Å². The third-order valence-corrected chi connectivity index (χ3v) is 1.77. The second kappa shape index (κ2) is 5.31. The lowest BCUT2D eigenvalue weighted by Crippen LogP contribution is -2.16. The van der Waals surface area contributed by atoms with Gasteiger partial charge in [-0.25, -0.2) is 9.18 Å². The SMILES string of the molecule is CNC(=O)ON=Cc1ccc(F)c(Cl)c1. The predicted octanol–water partition coefficient (Wildman–Crippen LogP) is 2.17. The number of carbonyl (C=O) groups is 1.